The van der Waals surface area contributed by atoms with Gasteiger partial charge in [-0.3, -0.25) is 4.79 Å². The SMILES string of the molecule is CCCn1c(CNC(=O)CC(C)Cc2ccc(Br)s2)nc2ccc(Cl)cc21. The van der Waals surface area contributed by atoms with Crippen LogP contribution in [-0.4, -0.2) is 15.5 Å². The van der Waals surface area contributed by atoms with Gasteiger partial charge in [0, 0.05) is 22.9 Å². The molecule has 1 amide bonds. The Balaban J connectivity index is 1.61. The summed E-state index contributed by atoms with van der Waals surface area (Å²) in [6.45, 7) is 5.53. The predicted molar refractivity (Wildman–Crippen MR) is 116 cm³/mol. The van der Waals surface area contributed by atoms with E-state index in [1.54, 1.807) is 11.3 Å². The Kier molecular flexibility index (Phi) is 6.95. The van der Waals surface area contributed by atoms with Crippen LogP contribution in [-0.2, 0) is 24.3 Å². The number of nitrogens with one attached hydrogen (secondary N) is 1. The van der Waals surface area contributed by atoms with E-state index in [9.17, 15) is 4.79 Å². The Bertz CT molecular complexity index is 937. The van der Waals surface area contributed by atoms with Crippen molar-refractivity contribution < 1.29 is 4.79 Å². The smallest absolute Gasteiger partial charge is 0.220 e. The molecule has 1 atom stereocenters. The van der Waals surface area contributed by atoms with Gasteiger partial charge in [0.1, 0.15) is 5.82 Å². The highest BCUT2D eigenvalue weighted by Crippen LogP contribution is 2.25. The second-order valence-electron chi connectivity index (χ2n) is 6.81. The second-order valence-corrected chi connectivity index (χ2v) is 9.79. The number of nitrogens with zero attached hydrogens (tertiary/aromatic N) is 2. The van der Waals surface area contributed by atoms with Gasteiger partial charge in [0.25, 0.3) is 0 Å². The number of imidazole rings is 1. The average Bonchev–Trinajstić information content (AvgIpc) is 3.17. The number of thiophene rings is 1. The number of benzene rings is 1. The molecule has 3 aromatic rings. The van der Waals surface area contributed by atoms with Gasteiger partial charge in [0.05, 0.1) is 21.4 Å². The van der Waals surface area contributed by atoms with E-state index in [0.29, 0.717) is 23.9 Å². The molecule has 0 aliphatic heterocycles. The minimum Gasteiger partial charge on any atom is -0.349 e. The van der Waals surface area contributed by atoms with E-state index in [1.165, 1.54) is 4.88 Å². The monoisotopic (exact) mass is 467 g/mol. The summed E-state index contributed by atoms with van der Waals surface area (Å²) in [6.07, 6.45) is 2.41. The molecule has 0 saturated carbocycles. The largest absolute Gasteiger partial charge is 0.349 e. The topological polar surface area (TPSA) is 46.9 Å². The summed E-state index contributed by atoms with van der Waals surface area (Å²) in [5, 5.41) is 3.73. The maximum Gasteiger partial charge on any atom is 0.220 e. The number of carbonyl (C=O) groups is 1. The number of amides is 1. The first-order valence-electron chi connectivity index (χ1n) is 9.11. The van der Waals surface area contributed by atoms with Crippen molar-refractivity contribution in [2.45, 2.75) is 46.2 Å². The molecule has 0 saturated heterocycles. The van der Waals surface area contributed by atoms with Crippen molar-refractivity contribution in [3.8, 4) is 0 Å². The number of aromatic nitrogens is 2. The molecule has 0 fully saturated rings. The van der Waals surface area contributed by atoms with Crippen molar-refractivity contribution in [1.82, 2.24) is 14.9 Å². The number of rotatable bonds is 8. The van der Waals surface area contributed by atoms with E-state index in [2.05, 4.69) is 56.8 Å². The third-order valence-electron chi connectivity index (χ3n) is 4.39. The highest BCUT2D eigenvalue weighted by Gasteiger charge is 2.14. The highest BCUT2D eigenvalue weighted by molar-refractivity contribution is 9.11. The van der Waals surface area contributed by atoms with E-state index in [4.69, 9.17) is 11.6 Å². The Hall–Kier alpha value is -1.37. The van der Waals surface area contributed by atoms with Crippen molar-refractivity contribution in [2.75, 3.05) is 0 Å². The van der Waals surface area contributed by atoms with Crippen molar-refractivity contribution in [3.05, 3.63) is 49.8 Å². The molecule has 1 N–H and O–H groups in total. The molecule has 2 aromatic heterocycles. The fourth-order valence-corrected chi connectivity index (χ4v) is 5.01. The van der Waals surface area contributed by atoms with Crippen molar-refractivity contribution in [2.24, 2.45) is 5.92 Å². The van der Waals surface area contributed by atoms with Crippen LogP contribution in [0, 0.1) is 5.92 Å². The first-order chi connectivity index (χ1) is 13.0. The number of halogens is 2. The molecular weight excluding hydrogens is 446 g/mol. The molecule has 3 rings (SSSR count). The summed E-state index contributed by atoms with van der Waals surface area (Å²) in [5.41, 5.74) is 1.93. The van der Waals surface area contributed by atoms with E-state index >= 15 is 0 Å². The predicted octanol–water partition coefficient (Wildman–Crippen LogP) is 5.81. The number of fused-ring (bicyclic) bond motifs is 1. The summed E-state index contributed by atoms with van der Waals surface area (Å²) < 4.78 is 3.28. The van der Waals surface area contributed by atoms with Gasteiger partial charge in [-0.25, -0.2) is 4.98 Å². The second kappa shape index (κ2) is 9.22. The summed E-state index contributed by atoms with van der Waals surface area (Å²) >= 11 is 11.3. The minimum absolute atomic E-state index is 0.0614. The van der Waals surface area contributed by atoms with Crippen LogP contribution < -0.4 is 5.32 Å². The molecule has 1 unspecified atom stereocenters. The molecule has 2 heterocycles. The van der Waals surface area contributed by atoms with Crippen LogP contribution in [0.1, 0.15) is 37.4 Å². The van der Waals surface area contributed by atoms with Gasteiger partial charge < -0.3 is 9.88 Å². The minimum atomic E-state index is 0.0614. The third kappa shape index (κ3) is 5.33. The number of hydrogen-bond acceptors (Lipinski definition) is 3. The fourth-order valence-electron chi connectivity index (χ4n) is 3.20. The summed E-state index contributed by atoms with van der Waals surface area (Å²) in [7, 11) is 0. The Morgan fingerprint density at radius 3 is 2.89 bits per heavy atom. The molecular formula is C20H23BrClN3OS. The maximum atomic E-state index is 12.4. The summed E-state index contributed by atoms with van der Waals surface area (Å²) in [6, 6.07) is 9.88. The van der Waals surface area contributed by atoms with Gasteiger partial charge in [-0.1, -0.05) is 25.4 Å². The van der Waals surface area contributed by atoms with Gasteiger partial charge in [-0.2, -0.15) is 0 Å². The Morgan fingerprint density at radius 1 is 1.37 bits per heavy atom. The van der Waals surface area contributed by atoms with Crippen LogP contribution >= 0.6 is 38.9 Å². The normalized spacial score (nSPS) is 12.4. The van der Waals surface area contributed by atoms with Crippen LogP contribution in [0.4, 0.5) is 0 Å². The highest BCUT2D eigenvalue weighted by atomic mass is 79.9. The summed E-state index contributed by atoms with van der Waals surface area (Å²) in [5.74, 6) is 1.23. The summed E-state index contributed by atoms with van der Waals surface area (Å²) in [4.78, 5) is 18.4. The molecule has 7 heteroatoms. The Morgan fingerprint density at radius 2 is 2.19 bits per heavy atom. The fraction of sp³-hybridized carbons (Fsp3) is 0.400. The quantitative estimate of drug-likeness (QED) is 0.453. The van der Waals surface area contributed by atoms with E-state index < -0.39 is 0 Å². The van der Waals surface area contributed by atoms with Gasteiger partial charge in [-0.15, -0.1) is 11.3 Å². The first-order valence-corrected chi connectivity index (χ1v) is 11.1. The van der Waals surface area contributed by atoms with E-state index in [-0.39, 0.29) is 5.91 Å². The molecule has 4 nitrogen and oxygen atoms in total. The van der Waals surface area contributed by atoms with Gasteiger partial charge in [0.2, 0.25) is 5.91 Å². The average molecular weight is 469 g/mol. The Labute approximate surface area is 177 Å². The van der Waals surface area contributed by atoms with Crippen LogP contribution in [0.3, 0.4) is 0 Å². The van der Waals surface area contributed by atoms with Crippen molar-refractivity contribution in [3.63, 3.8) is 0 Å². The zero-order valence-corrected chi connectivity index (χ0v) is 18.6. The molecule has 0 bridgehead atoms. The van der Waals surface area contributed by atoms with Gasteiger partial charge in [-0.05, 0) is 65.0 Å². The van der Waals surface area contributed by atoms with Crippen molar-refractivity contribution in [1.29, 1.82) is 0 Å². The molecule has 0 aliphatic carbocycles. The maximum absolute atomic E-state index is 12.4. The molecule has 0 radical (unpaired) electrons. The lowest BCUT2D eigenvalue weighted by Crippen LogP contribution is -2.26. The first kappa shape index (κ1) is 20.4. The lowest BCUT2D eigenvalue weighted by molar-refractivity contribution is -0.122. The van der Waals surface area contributed by atoms with E-state index in [0.717, 1.165) is 40.0 Å². The van der Waals surface area contributed by atoms with Crippen LogP contribution in [0.25, 0.3) is 11.0 Å². The van der Waals surface area contributed by atoms with Gasteiger partial charge in [0.15, 0.2) is 0 Å². The lowest BCUT2D eigenvalue weighted by Gasteiger charge is -2.12. The molecule has 1 aromatic carbocycles. The molecule has 0 spiro atoms. The van der Waals surface area contributed by atoms with Crippen LogP contribution in [0.2, 0.25) is 5.02 Å². The molecule has 144 valence electrons. The third-order valence-corrected chi connectivity index (χ3v) is 6.27. The lowest BCUT2D eigenvalue weighted by atomic mass is 10.0. The standard InChI is InChI=1S/C20H23BrClN3OS/c1-3-8-25-17-11-14(22)4-6-16(17)24-19(25)12-23-20(26)10-13(2)9-15-5-7-18(21)27-15/h4-7,11,13H,3,8-10,12H2,1-2H3,(H,23,26). The van der Waals surface area contributed by atoms with E-state index in [1.807, 2.05) is 18.2 Å². The van der Waals surface area contributed by atoms with Crippen LogP contribution in [0.5, 0.6) is 0 Å². The van der Waals surface area contributed by atoms with Crippen molar-refractivity contribution >= 4 is 55.8 Å². The van der Waals surface area contributed by atoms with Gasteiger partial charge >= 0.3 is 0 Å². The number of carbonyl (C=O) groups excluding carboxylic acids is 1. The zero-order valence-electron chi connectivity index (χ0n) is 15.5. The van der Waals surface area contributed by atoms with Crippen LogP contribution in [0.15, 0.2) is 34.1 Å². The number of aryl methyl sites for hydroxylation is 1. The molecule has 27 heavy (non-hydrogen) atoms. The molecule has 0 aliphatic rings. The zero-order chi connectivity index (χ0) is 19.4. The number of hydrogen-bond donors (Lipinski definition) is 1.